The highest BCUT2D eigenvalue weighted by Gasteiger charge is 2.78. The van der Waals surface area contributed by atoms with Gasteiger partial charge in [-0.1, -0.05) is 44.5 Å². The number of fused-ring (bicyclic) bond motifs is 5. The van der Waals surface area contributed by atoms with Gasteiger partial charge in [0, 0.05) is 57.4 Å². The van der Waals surface area contributed by atoms with Crippen LogP contribution in [-0.2, 0) is 42.9 Å². The number of benzene rings is 1. The molecule has 0 spiro atoms. The summed E-state index contributed by atoms with van der Waals surface area (Å²) < 4.78 is 31.1. The van der Waals surface area contributed by atoms with Gasteiger partial charge in [-0.05, 0) is 82.7 Å². The largest absolute Gasteiger partial charge is 0.456 e. The van der Waals surface area contributed by atoms with Crippen molar-refractivity contribution in [2.45, 2.75) is 141 Å². The molecule has 2 saturated heterocycles. The van der Waals surface area contributed by atoms with E-state index in [0.717, 1.165) is 13.0 Å². The number of nitrogens with one attached hydrogen (secondary N) is 1. The summed E-state index contributed by atoms with van der Waals surface area (Å²) in [5.74, 6) is -5.89. The van der Waals surface area contributed by atoms with Crippen LogP contribution in [0.25, 0.3) is 0 Å². The van der Waals surface area contributed by atoms with Crippen LogP contribution in [0.1, 0.15) is 97.9 Å². The molecule has 65 heavy (non-hydrogen) atoms. The molecule has 0 radical (unpaired) electrons. The summed E-state index contributed by atoms with van der Waals surface area (Å²) in [4.78, 5) is 88.7. The fourth-order valence-corrected chi connectivity index (χ4v) is 11.2. The molecule has 2 bridgehead atoms. The molecule has 11 atom stereocenters. The van der Waals surface area contributed by atoms with Gasteiger partial charge in [-0.15, -0.1) is 0 Å². The Hall–Kier alpha value is -4.68. The van der Waals surface area contributed by atoms with Gasteiger partial charge in [0.2, 0.25) is 5.91 Å². The summed E-state index contributed by atoms with van der Waals surface area (Å²) in [6.45, 7) is 15.2. The molecular weight excluding hydrogens is 843 g/mol. The lowest BCUT2D eigenvalue weighted by molar-refractivity contribution is -0.345. The Labute approximate surface area is 379 Å². The number of hydrogen-bond donors (Lipinski definition) is 4. The van der Waals surface area contributed by atoms with Crippen molar-refractivity contribution in [1.82, 2.24) is 15.1 Å². The third-order valence-corrected chi connectivity index (χ3v) is 15.0. The average Bonchev–Trinajstić information content (AvgIpc) is 4.09. The second-order valence-electron chi connectivity index (χ2n) is 19.8. The van der Waals surface area contributed by atoms with Gasteiger partial charge in [0.1, 0.15) is 23.9 Å². The predicted octanol–water partition coefficient (Wildman–Crippen LogP) is 3.03. The van der Waals surface area contributed by atoms with Crippen LogP contribution in [0.4, 0.5) is 4.79 Å². The highest BCUT2D eigenvalue weighted by atomic mass is 16.6. The Morgan fingerprint density at radius 1 is 0.985 bits per heavy atom. The van der Waals surface area contributed by atoms with E-state index in [1.807, 2.05) is 0 Å². The molecule has 6 aliphatic rings. The number of aliphatic hydroxyl groups excluding tert-OH is 2. The minimum absolute atomic E-state index is 0.0401. The van der Waals surface area contributed by atoms with Gasteiger partial charge in [0.15, 0.2) is 23.6 Å². The number of carbonyl (C=O) groups excluding carboxylic acids is 6. The Morgan fingerprint density at radius 2 is 1.65 bits per heavy atom. The topological polar surface area (TPSA) is 228 Å². The van der Waals surface area contributed by atoms with Crippen LogP contribution in [0.5, 0.6) is 0 Å². The van der Waals surface area contributed by atoms with Gasteiger partial charge in [0.25, 0.3) is 0 Å². The maximum atomic E-state index is 16.0. The molecule has 2 amide bonds. The van der Waals surface area contributed by atoms with E-state index in [4.69, 9.17) is 23.7 Å². The van der Waals surface area contributed by atoms with E-state index in [0.29, 0.717) is 44.6 Å². The zero-order chi connectivity index (χ0) is 47.4. The third-order valence-electron chi connectivity index (χ3n) is 15.0. The van der Waals surface area contributed by atoms with Crippen molar-refractivity contribution in [3.8, 4) is 0 Å². The molecule has 1 aromatic rings. The monoisotopic (exact) mass is 907 g/mol. The zero-order valence-corrected chi connectivity index (χ0v) is 38.7. The normalized spacial score (nSPS) is 33.9. The second kappa shape index (κ2) is 18.2. The fraction of sp³-hybridized carbons (Fsp3) is 0.667. The summed E-state index contributed by atoms with van der Waals surface area (Å²) in [5, 5.41) is 40.5. The molecule has 5 fully saturated rings. The van der Waals surface area contributed by atoms with Gasteiger partial charge < -0.3 is 49.2 Å². The first kappa shape index (κ1) is 48.3. The highest BCUT2D eigenvalue weighted by molar-refractivity contribution is 5.96. The maximum absolute atomic E-state index is 16.0. The molecule has 17 heteroatoms. The number of ketones is 1. The van der Waals surface area contributed by atoms with Crippen LogP contribution in [0, 0.1) is 22.7 Å². The summed E-state index contributed by atoms with van der Waals surface area (Å²) in [6.07, 6.45) is -7.48. The standard InChI is InChI=1S/C48H65N3O14/c1-9-17-50-18-20-51(21-19-50)44(59)63-38-35-27(4)31(62-43(58)37(55)36(29-15-16-29)49-34(54)22-26(2)3)24-48(60,45(35,6)7)41(64-42(57)30-13-11-10-12-14-30)39-46(8,40(38)56)32(53)23-33-47(39,25-61-33)65-28(5)52/h10-14,22,29,31-33,36-39,41,53,55,60H,9,15-21,23-25H2,1-8H3,(H,49,54)/t31-,32-,33+,36+,37+,38+,39?,41-,46+,47-,48+/m0/s1. The number of piperazine rings is 1. The molecule has 4 N–H and O–H groups in total. The molecular formula is C48H65N3O14. The number of allylic oxidation sites excluding steroid dienone is 1. The van der Waals surface area contributed by atoms with Crippen molar-refractivity contribution in [3.63, 3.8) is 0 Å². The molecule has 1 unspecified atom stereocenters. The maximum Gasteiger partial charge on any atom is 0.410 e. The van der Waals surface area contributed by atoms with E-state index < -0.39 is 113 Å². The van der Waals surface area contributed by atoms with Crippen LogP contribution in [0.2, 0.25) is 0 Å². The summed E-state index contributed by atoms with van der Waals surface area (Å²) in [7, 11) is 0. The Balaban J connectivity index is 1.39. The number of nitrogens with zero attached hydrogens (tertiary/aromatic N) is 2. The Morgan fingerprint density at radius 3 is 2.22 bits per heavy atom. The molecule has 17 nitrogen and oxygen atoms in total. The van der Waals surface area contributed by atoms with Crippen molar-refractivity contribution in [1.29, 1.82) is 0 Å². The minimum atomic E-state index is -2.37. The first-order valence-electron chi connectivity index (χ1n) is 22.9. The number of ether oxygens (including phenoxy) is 5. The van der Waals surface area contributed by atoms with E-state index in [1.54, 1.807) is 52.8 Å². The van der Waals surface area contributed by atoms with Gasteiger partial charge in [-0.25, -0.2) is 14.4 Å². The average molecular weight is 908 g/mol. The number of hydrogen-bond acceptors (Lipinski definition) is 15. The molecule has 2 heterocycles. The van der Waals surface area contributed by atoms with Crippen LogP contribution >= 0.6 is 0 Å². The molecule has 7 rings (SSSR count). The van der Waals surface area contributed by atoms with Crippen LogP contribution < -0.4 is 5.32 Å². The SMILES string of the molecule is CCCN1CCN(C(=O)O[C@H]2C(=O)[C@@]3(C)C([C@H](OC(=O)c4ccccc4)[C@]4(O)C[C@H](OC(=O)[C@H](O)[C@H](NC(=O)C=C(C)C)C5CC5)C(C)=C2C4(C)C)[C@]2(OC(C)=O)CO[C@@H]2C[C@@H]3O)CC1. The van der Waals surface area contributed by atoms with Crippen LogP contribution in [0.15, 0.2) is 53.1 Å². The molecule has 0 aromatic heterocycles. The Kier molecular flexibility index (Phi) is 13.5. The number of aliphatic hydroxyl groups is 3. The summed E-state index contributed by atoms with van der Waals surface area (Å²) in [6, 6.07) is 6.93. The lowest BCUT2D eigenvalue weighted by Gasteiger charge is -2.67. The lowest BCUT2D eigenvalue weighted by Crippen LogP contribution is -2.82. The van der Waals surface area contributed by atoms with E-state index >= 15 is 4.79 Å². The van der Waals surface area contributed by atoms with Crippen LogP contribution in [-0.4, -0.2) is 154 Å². The number of Topliss-reactive ketones (excluding diaryl/α,β-unsaturated/α-hetero) is 1. The molecule has 1 aromatic carbocycles. The quantitative estimate of drug-likeness (QED) is 0.102. The number of rotatable bonds is 12. The van der Waals surface area contributed by atoms with E-state index in [2.05, 4.69) is 17.1 Å². The zero-order valence-electron chi connectivity index (χ0n) is 38.7. The van der Waals surface area contributed by atoms with Gasteiger partial charge >= 0.3 is 24.0 Å². The smallest absolute Gasteiger partial charge is 0.410 e. The van der Waals surface area contributed by atoms with Gasteiger partial charge in [-0.2, -0.15) is 0 Å². The summed E-state index contributed by atoms with van der Waals surface area (Å²) in [5.41, 5.74) is -6.81. The number of amides is 2. The highest BCUT2D eigenvalue weighted by Crippen LogP contribution is 2.64. The van der Waals surface area contributed by atoms with E-state index in [-0.39, 0.29) is 35.7 Å². The molecule has 3 saturated carbocycles. The van der Waals surface area contributed by atoms with Crippen molar-refractivity contribution in [3.05, 3.63) is 58.7 Å². The van der Waals surface area contributed by atoms with Crippen LogP contribution in [0.3, 0.4) is 0 Å². The fourth-order valence-electron chi connectivity index (χ4n) is 11.2. The van der Waals surface area contributed by atoms with Crippen molar-refractivity contribution < 1.29 is 67.8 Å². The van der Waals surface area contributed by atoms with Gasteiger partial charge in [-0.3, -0.25) is 19.3 Å². The third kappa shape index (κ3) is 8.63. The first-order valence-corrected chi connectivity index (χ1v) is 22.9. The minimum Gasteiger partial charge on any atom is -0.456 e. The second-order valence-corrected chi connectivity index (χ2v) is 19.8. The number of esters is 3. The Bertz CT molecular complexity index is 2110. The van der Waals surface area contributed by atoms with E-state index in [1.165, 1.54) is 37.0 Å². The molecule has 2 aliphatic heterocycles. The van der Waals surface area contributed by atoms with E-state index in [9.17, 15) is 39.3 Å². The lowest BCUT2D eigenvalue weighted by atomic mass is 9.44. The van der Waals surface area contributed by atoms with Crippen molar-refractivity contribution in [2.75, 3.05) is 39.3 Å². The number of carbonyl (C=O) groups is 6. The molecule has 4 aliphatic carbocycles. The van der Waals surface area contributed by atoms with Gasteiger partial charge in [0.05, 0.1) is 35.6 Å². The predicted molar refractivity (Wildman–Crippen MR) is 232 cm³/mol. The summed E-state index contributed by atoms with van der Waals surface area (Å²) >= 11 is 0. The first-order chi connectivity index (χ1) is 30.6. The molecule has 356 valence electrons. The van der Waals surface area contributed by atoms with Crippen molar-refractivity contribution >= 4 is 35.7 Å². The van der Waals surface area contributed by atoms with Crippen molar-refractivity contribution in [2.24, 2.45) is 22.7 Å².